The maximum atomic E-state index is 12.9. The summed E-state index contributed by atoms with van der Waals surface area (Å²) in [6.07, 6.45) is 4.70. The van der Waals surface area contributed by atoms with E-state index < -0.39 is 5.54 Å². The van der Waals surface area contributed by atoms with Gasteiger partial charge in [-0.25, -0.2) is 0 Å². The number of carbonyl (C=O) groups excluding carboxylic acids is 1. The minimum absolute atomic E-state index is 0.0207. The van der Waals surface area contributed by atoms with Crippen LogP contribution in [0, 0.1) is 18.3 Å². The van der Waals surface area contributed by atoms with Crippen molar-refractivity contribution in [3.8, 4) is 17.6 Å². The van der Waals surface area contributed by atoms with Gasteiger partial charge in [0.25, 0.3) is 0 Å². The summed E-state index contributed by atoms with van der Waals surface area (Å²) >= 11 is 0. The van der Waals surface area contributed by atoms with Crippen LogP contribution < -0.4 is 14.8 Å². The monoisotopic (exact) mass is 428 g/mol. The third kappa shape index (κ3) is 5.50. The molecular weight excluding hydrogens is 392 g/mol. The Morgan fingerprint density at radius 3 is 2.32 bits per heavy atom. The molecule has 7 heteroatoms. The second kappa shape index (κ2) is 10.3. The first-order valence-electron chi connectivity index (χ1n) is 11.3. The van der Waals surface area contributed by atoms with Crippen LogP contribution in [0.3, 0.4) is 0 Å². The van der Waals surface area contributed by atoms with Gasteiger partial charge in [-0.2, -0.15) is 5.26 Å². The molecule has 7 nitrogen and oxygen atoms in total. The summed E-state index contributed by atoms with van der Waals surface area (Å²) in [5.74, 6) is 1.48. The molecule has 2 fully saturated rings. The highest BCUT2D eigenvalue weighted by Crippen LogP contribution is 2.31. The van der Waals surface area contributed by atoms with E-state index in [1.54, 1.807) is 14.2 Å². The number of hydrogen-bond donors (Lipinski definition) is 1. The molecule has 2 aliphatic rings. The fourth-order valence-electron chi connectivity index (χ4n) is 4.67. The van der Waals surface area contributed by atoms with Crippen molar-refractivity contribution in [1.29, 1.82) is 5.26 Å². The van der Waals surface area contributed by atoms with Crippen LogP contribution in [-0.2, 0) is 11.3 Å². The van der Waals surface area contributed by atoms with Crippen molar-refractivity contribution in [2.75, 3.05) is 40.4 Å². The van der Waals surface area contributed by atoms with Crippen LogP contribution in [0.4, 0.5) is 0 Å². The predicted molar refractivity (Wildman–Crippen MR) is 120 cm³/mol. The molecule has 0 unspecified atom stereocenters. The SMILES string of the molecule is COc1cc(C)c(CN2CCN([C@@H](C)C(=O)NC3(C#N)CCCCC3)CC2)cc1OC. The third-order valence-corrected chi connectivity index (χ3v) is 6.85. The standard InChI is InChI=1S/C24H36N4O3/c1-18-14-21(30-3)22(31-4)15-20(18)16-27-10-12-28(13-11-27)19(2)23(29)26-24(17-25)8-6-5-7-9-24/h14-15,19H,5-13,16H2,1-4H3,(H,26,29)/t19-/m0/s1. The quantitative estimate of drug-likeness (QED) is 0.720. The first kappa shape index (κ1) is 23.4. The molecule has 31 heavy (non-hydrogen) atoms. The maximum Gasteiger partial charge on any atom is 0.238 e. The molecule has 1 saturated heterocycles. The van der Waals surface area contributed by atoms with Crippen molar-refractivity contribution in [2.24, 2.45) is 0 Å². The van der Waals surface area contributed by atoms with E-state index >= 15 is 0 Å². The first-order valence-corrected chi connectivity index (χ1v) is 11.3. The van der Waals surface area contributed by atoms with Gasteiger partial charge in [0.15, 0.2) is 11.5 Å². The summed E-state index contributed by atoms with van der Waals surface area (Å²) in [5.41, 5.74) is 1.74. The Bertz CT molecular complexity index is 806. The summed E-state index contributed by atoms with van der Waals surface area (Å²) in [7, 11) is 3.31. The highest BCUT2D eigenvalue weighted by atomic mass is 16.5. The molecule has 1 N–H and O–H groups in total. The average Bonchev–Trinajstić information content (AvgIpc) is 2.80. The van der Waals surface area contributed by atoms with Crippen LogP contribution in [0.2, 0.25) is 0 Å². The number of nitrogens with zero attached hydrogens (tertiary/aromatic N) is 3. The highest BCUT2D eigenvalue weighted by molar-refractivity contribution is 5.82. The van der Waals surface area contributed by atoms with E-state index in [0.29, 0.717) is 0 Å². The molecule has 1 heterocycles. The molecule has 0 bridgehead atoms. The largest absolute Gasteiger partial charge is 0.493 e. The van der Waals surface area contributed by atoms with E-state index in [2.05, 4.69) is 34.2 Å². The lowest BCUT2D eigenvalue weighted by Gasteiger charge is -2.39. The number of aryl methyl sites for hydroxylation is 1. The minimum Gasteiger partial charge on any atom is -0.493 e. The van der Waals surface area contributed by atoms with Crippen molar-refractivity contribution in [2.45, 2.75) is 64.1 Å². The molecule has 0 radical (unpaired) electrons. The molecule has 1 aromatic carbocycles. The van der Waals surface area contributed by atoms with Crippen molar-refractivity contribution in [3.05, 3.63) is 23.3 Å². The number of ether oxygens (including phenoxy) is 2. The van der Waals surface area contributed by atoms with Crippen LogP contribution in [-0.4, -0.2) is 67.7 Å². The number of amides is 1. The molecule has 1 saturated carbocycles. The van der Waals surface area contributed by atoms with Crippen molar-refractivity contribution in [3.63, 3.8) is 0 Å². The van der Waals surface area contributed by atoms with Gasteiger partial charge in [0, 0.05) is 32.7 Å². The molecule has 1 amide bonds. The number of rotatable bonds is 7. The minimum atomic E-state index is -0.670. The summed E-state index contributed by atoms with van der Waals surface area (Å²) < 4.78 is 10.8. The van der Waals surface area contributed by atoms with Gasteiger partial charge in [0.2, 0.25) is 5.91 Å². The van der Waals surface area contributed by atoms with E-state index in [-0.39, 0.29) is 11.9 Å². The van der Waals surface area contributed by atoms with Gasteiger partial charge >= 0.3 is 0 Å². The zero-order valence-corrected chi connectivity index (χ0v) is 19.4. The molecule has 1 aliphatic carbocycles. The molecular formula is C24H36N4O3. The van der Waals surface area contributed by atoms with Gasteiger partial charge in [-0.3, -0.25) is 14.6 Å². The fourth-order valence-corrected chi connectivity index (χ4v) is 4.67. The second-order valence-electron chi connectivity index (χ2n) is 8.87. The maximum absolute atomic E-state index is 12.9. The lowest BCUT2D eigenvalue weighted by molar-refractivity contribution is -0.128. The van der Waals surface area contributed by atoms with Gasteiger partial charge in [-0.05, 0) is 49.9 Å². The normalized spacial score (nSPS) is 20.5. The topological polar surface area (TPSA) is 77.8 Å². The third-order valence-electron chi connectivity index (χ3n) is 6.85. The number of benzene rings is 1. The van der Waals surface area contributed by atoms with Crippen LogP contribution in [0.15, 0.2) is 12.1 Å². The molecule has 0 aromatic heterocycles. The highest BCUT2D eigenvalue weighted by Gasteiger charge is 2.36. The Kier molecular flexibility index (Phi) is 7.79. The van der Waals surface area contributed by atoms with E-state index in [0.717, 1.165) is 76.3 Å². The molecule has 3 rings (SSSR count). The first-order chi connectivity index (χ1) is 14.9. The molecule has 1 aliphatic heterocycles. The van der Waals surface area contributed by atoms with Crippen LogP contribution >= 0.6 is 0 Å². The van der Waals surface area contributed by atoms with Gasteiger partial charge in [0.05, 0.1) is 26.3 Å². The van der Waals surface area contributed by atoms with Crippen molar-refractivity contribution >= 4 is 5.91 Å². The number of nitrogens with one attached hydrogen (secondary N) is 1. The Hall–Kier alpha value is -2.30. The molecule has 170 valence electrons. The summed E-state index contributed by atoms with van der Waals surface area (Å²) in [6.45, 7) is 8.36. The van der Waals surface area contributed by atoms with E-state index in [9.17, 15) is 10.1 Å². The summed E-state index contributed by atoms with van der Waals surface area (Å²) in [5, 5.41) is 12.7. The smallest absolute Gasteiger partial charge is 0.238 e. The number of hydrogen-bond acceptors (Lipinski definition) is 6. The number of carbonyl (C=O) groups is 1. The van der Waals surface area contributed by atoms with Gasteiger partial charge < -0.3 is 14.8 Å². The zero-order valence-electron chi connectivity index (χ0n) is 19.4. The zero-order chi connectivity index (χ0) is 22.4. The van der Waals surface area contributed by atoms with Gasteiger partial charge in [0.1, 0.15) is 5.54 Å². The van der Waals surface area contributed by atoms with E-state index in [4.69, 9.17) is 9.47 Å². The number of nitriles is 1. The van der Waals surface area contributed by atoms with Crippen LogP contribution in [0.25, 0.3) is 0 Å². The fraction of sp³-hybridized carbons (Fsp3) is 0.667. The Labute approximate surface area is 186 Å². The van der Waals surface area contributed by atoms with E-state index in [1.165, 1.54) is 11.1 Å². The molecule has 0 spiro atoms. The Balaban J connectivity index is 1.54. The van der Waals surface area contributed by atoms with Crippen LogP contribution in [0.5, 0.6) is 11.5 Å². The summed E-state index contributed by atoms with van der Waals surface area (Å²) in [4.78, 5) is 17.5. The van der Waals surface area contributed by atoms with E-state index in [1.807, 2.05) is 13.0 Å². The van der Waals surface area contributed by atoms with Crippen molar-refractivity contribution < 1.29 is 14.3 Å². The average molecular weight is 429 g/mol. The van der Waals surface area contributed by atoms with Crippen LogP contribution in [0.1, 0.15) is 50.2 Å². The predicted octanol–water partition coefficient (Wildman–Crippen LogP) is 2.86. The number of piperazine rings is 1. The van der Waals surface area contributed by atoms with Gasteiger partial charge in [-0.15, -0.1) is 0 Å². The summed E-state index contributed by atoms with van der Waals surface area (Å²) in [6, 6.07) is 6.24. The van der Waals surface area contributed by atoms with Crippen molar-refractivity contribution in [1.82, 2.24) is 15.1 Å². The lowest BCUT2D eigenvalue weighted by atomic mass is 9.82. The number of methoxy groups -OCH3 is 2. The molecule has 1 atom stereocenters. The lowest BCUT2D eigenvalue weighted by Crippen LogP contribution is -2.58. The van der Waals surface area contributed by atoms with Gasteiger partial charge in [-0.1, -0.05) is 19.3 Å². The Morgan fingerprint density at radius 2 is 1.74 bits per heavy atom. The molecule has 1 aromatic rings. The Morgan fingerprint density at radius 1 is 1.13 bits per heavy atom. The second-order valence-corrected chi connectivity index (χ2v) is 8.87.